The average Bonchev–Trinajstić information content (AvgIpc) is 2.67. The highest BCUT2D eigenvalue weighted by molar-refractivity contribution is 5.80. The number of hydrogen-bond donors (Lipinski definition) is 1. The molecule has 27 heavy (non-hydrogen) atoms. The fourth-order valence-corrected chi connectivity index (χ4v) is 2.67. The van der Waals surface area contributed by atoms with E-state index >= 15 is 0 Å². The standard InChI is InChI=1S/C21H27NO5/c1-13-7-9-17(11-14(13)2)27-15(3)21(23)22-12-16-8-10-18(24-4)20(26-6)19(16)25-5/h7-11,15H,12H2,1-6H3,(H,22,23). The molecule has 2 aromatic carbocycles. The van der Waals surface area contributed by atoms with E-state index in [2.05, 4.69) is 5.32 Å². The van der Waals surface area contributed by atoms with Crippen LogP contribution in [0.15, 0.2) is 30.3 Å². The Hall–Kier alpha value is -2.89. The number of nitrogens with one attached hydrogen (secondary N) is 1. The summed E-state index contributed by atoms with van der Waals surface area (Å²) in [5, 5.41) is 2.87. The first-order chi connectivity index (χ1) is 12.9. The van der Waals surface area contributed by atoms with Gasteiger partial charge in [-0.25, -0.2) is 0 Å². The Morgan fingerprint density at radius 3 is 2.26 bits per heavy atom. The van der Waals surface area contributed by atoms with Crippen molar-refractivity contribution < 1.29 is 23.7 Å². The second-order valence-electron chi connectivity index (χ2n) is 6.22. The van der Waals surface area contributed by atoms with E-state index in [0.717, 1.165) is 11.1 Å². The van der Waals surface area contributed by atoms with E-state index in [1.165, 1.54) is 5.56 Å². The molecule has 0 aliphatic heterocycles. The molecule has 1 N–H and O–H groups in total. The van der Waals surface area contributed by atoms with Crippen molar-refractivity contribution in [3.63, 3.8) is 0 Å². The maximum Gasteiger partial charge on any atom is 0.261 e. The first-order valence-corrected chi connectivity index (χ1v) is 8.70. The molecule has 6 nitrogen and oxygen atoms in total. The molecule has 0 saturated heterocycles. The maximum absolute atomic E-state index is 12.4. The number of hydrogen-bond acceptors (Lipinski definition) is 5. The van der Waals surface area contributed by atoms with Crippen LogP contribution in [0.4, 0.5) is 0 Å². The second kappa shape index (κ2) is 9.16. The molecule has 1 atom stereocenters. The number of ether oxygens (including phenoxy) is 4. The van der Waals surface area contributed by atoms with Crippen LogP contribution in [0, 0.1) is 13.8 Å². The van der Waals surface area contributed by atoms with Crippen LogP contribution in [0.5, 0.6) is 23.0 Å². The molecule has 2 aromatic rings. The minimum absolute atomic E-state index is 0.218. The molecule has 6 heteroatoms. The van der Waals surface area contributed by atoms with Gasteiger partial charge in [-0.3, -0.25) is 4.79 Å². The van der Waals surface area contributed by atoms with Crippen molar-refractivity contribution in [2.75, 3.05) is 21.3 Å². The predicted octanol–water partition coefficient (Wildman–Crippen LogP) is 3.41. The van der Waals surface area contributed by atoms with Crippen molar-refractivity contribution in [3.8, 4) is 23.0 Å². The topological polar surface area (TPSA) is 66.0 Å². The first-order valence-electron chi connectivity index (χ1n) is 8.70. The molecule has 0 saturated carbocycles. The monoisotopic (exact) mass is 373 g/mol. The number of benzene rings is 2. The zero-order chi connectivity index (χ0) is 20.0. The third-order valence-electron chi connectivity index (χ3n) is 4.40. The van der Waals surface area contributed by atoms with Crippen LogP contribution >= 0.6 is 0 Å². The lowest BCUT2D eigenvalue weighted by Crippen LogP contribution is -2.36. The lowest BCUT2D eigenvalue weighted by Gasteiger charge is -2.18. The van der Waals surface area contributed by atoms with Crippen LogP contribution in [0.1, 0.15) is 23.6 Å². The van der Waals surface area contributed by atoms with E-state index in [9.17, 15) is 4.79 Å². The average molecular weight is 373 g/mol. The van der Waals surface area contributed by atoms with E-state index in [4.69, 9.17) is 18.9 Å². The zero-order valence-corrected chi connectivity index (χ0v) is 16.7. The van der Waals surface area contributed by atoms with Gasteiger partial charge < -0.3 is 24.3 Å². The second-order valence-corrected chi connectivity index (χ2v) is 6.22. The van der Waals surface area contributed by atoms with Crippen LogP contribution in [0.3, 0.4) is 0 Å². The van der Waals surface area contributed by atoms with E-state index in [1.807, 2.05) is 38.1 Å². The molecule has 0 heterocycles. The third-order valence-corrected chi connectivity index (χ3v) is 4.40. The summed E-state index contributed by atoms with van der Waals surface area (Å²) in [4.78, 5) is 12.4. The van der Waals surface area contributed by atoms with Gasteiger partial charge >= 0.3 is 0 Å². The fraction of sp³-hybridized carbons (Fsp3) is 0.381. The largest absolute Gasteiger partial charge is 0.493 e. The Morgan fingerprint density at radius 2 is 1.67 bits per heavy atom. The van der Waals surface area contributed by atoms with E-state index in [1.54, 1.807) is 34.3 Å². The van der Waals surface area contributed by atoms with Gasteiger partial charge in [0.2, 0.25) is 5.75 Å². The van der Waals surface area contributed by atoms with Gasteiger partial charge in [0.25, 0.3) is 5.91 Å². The van der Waals surface area contributed by atoms with Gasteiger partial charge in [0.05, 0.1) is 21.3 Å². The van der Waals surface area contributed by atoms with Gasteiger partial charge in [-0.1, -0.05) is 6.07 Å². The normalized spacial score (nSPS) is 11.5. The number of carbonyl (C=O) groups excluding carboxylic acids is 1. The van der Waals surface area contributed by atoms with Gasteiger partial charge in [-0.05, 0) is 56.2 Å². The number of methoxy groups -OCH3 is 3. The molecule has 0 radical (unpaired) electrons. The van der Waals surface area contributed by atoms with Crippen LogP contribution < -0.4 is 24.3 Å². The van der Waals surface area contributed by atoms with Crippen molar-refractivity contribution in [2.24, 2.45) is 0 Å². The van der Waals surface area contributed by atoms with E-state index in [0.29, 0.717) is 23.0 Å². The lowest BCUT2D eigenvalue weighted by atomic mass is 10.1. The number of carbonyl (C=O) groups is 1. The minimum Gasteiger partial charge on any atom is -0.493 e. The molecular weight excluding hydrogens is 346 g/mol. The van der Waals surface area contributed by atoms with Gasteiger partial charge in [-0.2, -0.15) is 0 Å². The summed E-state index contributed by atoms with van der Waals surface area (Å²) in [7, 11) is 4.65. The first kappa shape index (κ1) is 20.4. The molecule has 146 valence electrons. The van der Waals surface area contributed by atoms with Crippen LogP contribution in [-0.2, 0) is 11.3 Å². The molecule has 0 aliphatic carbocycles. The van der Waals surface area contributed by atoms with Crippen LogP contribution in [-0.4, -0.2) is 33.3 Å². The van der Waals surface area contributed by atoms with Crippen molar-refractivity contribution >= 4 is 5.91 Å². The van der Waals surface area contributed by atoms with Crippen molar-refractivity contribution in [3.05, 3.63) is 47.0 Å². The Morgan fingerprint density at radius 1 is 0.963 bits per heavy atom. The Labute approximate surface area is 160 Å². The van der Waals surface area contributed by atoms with Crippen LogP contribution in [0.2, 0.25) is 0 Å². The summed E-state index contributed by atoms with van der Waals surface area (Å²) < 4.78 is 21.8. The SMILES string of the molecule is COc1ccc(CNC(=O)C(C)Oc2ccc(C)c(C)c2)c(OC)c1OC. The van der Waals surface area contributed by atoms with E-state index < -0.39 is 6.10 Å². The predicted molar refractivity (Wildman–Crippen MR) is 104 cm³/mol. The fourth-order valence-electron chi connectivity index (χ4n) is 2.67. The number of rotatable bonds is 8. The number of aryl methyl sites for hydroxylation is 2. The number of amides is 1. The van der Waals surface area contributed by atoms with Crippen molar-refractivity contribution in [2.45, 2.75) is 33.4 Å². The van der Waals surface area contributed by atoms with Gasteiger partial charge in [0, 0.05) is 12.1 Å². The summed E-state index contributed by atoms with van der Waals surface area (Å²) >= 11 is 0. The summed E-state index contributed by atoms with van der Waals surface area (Å²) in [6, 6.07) is 9.37. The molecule has 2 rings (SSSR count). The van der Waals surface area contributed by atoms with E-state index in [-0.39, 0.29) is 12.5 Å². The molecule has 1 unspecified atom stereocenters. The maximum atomic E-state index is 12.4. The lowest BCUT2D eigenvalue weighted by molar-refractivity contribution is -0.127. The van der Waals surface area contributed by atoms with Crippen molar-refractivity contribution in [1.29, 1.82) is 0 Å². The summed E-state index contributed by atoms with van der Waals surface area (Å²) in [5.41, 5.74) is 3.08. The molecule has 0 spiro atoms. The summed E-state index contributed by atoms with van der Waals surface area (Å²) in [6.45, 7) is 6.04. The molecule has 0 aromatic heterocycles. The van der Waals surface area contributed by atoms with Gasteiger partial charge in [0.15, 0.2) is 17.6 Å². The molecular formula is C21H27NO5. The minimum atomic E-state index is -0.627. The van der Waals surface area contributed by atoms with Crippen molar-refractivity contribution in [1.82, 2.24) is 5.32 Å². The molecule has 0 aliphatic rings. The molecule has 1 amide bonds. The third kappa shape index (κ3) is 4.84. The Kier molecular flexibility index (Phi) is 6.93. The Balaban J connectivity index is 2.05. The highest BCUT2D eigenvalue weighted by atomic mass is 16.5. The zero-order valence-electron chi connectivity index (χ0n) is 16.7. The Bertz CT molecular complexity index is 803. The highest BCUT2D eigenvalue weighted by Gasteiger charge is 2.19. The van der Waals surface area contributed by atoms with Gasteiger partial charge in [0.1, 0.15) is 5.75 Å². The quantitative estimate of drug-likeness (QED) is 0.768. The van der Waals surface area contributed by atoms with Crippen LogP contribution in [0.25, 0.3) is 0 Å². The summed E-state index contributed by atoms with van der Waals surface area (Å²) in [5.74, 6) is 2.04. The molecule has 0 fully saturated rings. The van der Waals surface area contributed by atoms with Gasteiger partial charge in [-0.15, -0.1) is 0 Å². The highest BCUT2D eigenvalue weighted by Crippen LogP contribution is 2.39. The molecule has 0 bridgehead atoms. The summed E-state index contributed by atoms with van der Waals surface area (Å²) in [6.07, 6.45) is -0.627. The smallest absolute Gasteiger partial charge is 0.261 e.